The predicted molar refractivity (Wildman–Crippen MR) is 84.4 cm³/mol. The van der Waals surface area contributed by atoms with Crippen molar-refractivity contribution in [2.24, 2.45) is 0 Å². The number of ether oxygens (including phenoxy) is 3. The summed E-state index contributed by atoms with van der Waals surface area (Å²) >= 11 is 0. The summed E-state index contributed by atoms with van der Waals surface area (Å²) in [5, 5.41) is 2.82. The van der Waals surface area contributed by atoms with E-state index in [9.17, 15) is 14.4 Å². The Morgan fingerprint density at radius 2 is 1.84 bits per heavy atom. The van der Waals surface area contributed by atoms with Crippen LogP contribution in [0.25, 0.3) is 0 Å². The Bertz CT molecular complexity index is 713. The van der Waals surface area contributed by atoms with E-state index in [1.54, 1.807) is 23.1 Å². The zero-order chi connectivity index (χ0) is 17.4. The first-order valence-corrected chi connectivity index (χ1v) is 8.06. The number of nitrogens with zero attached hydrogens (tertiary/aromatic N) is 2. The SMILES string of the molecule is O=C(Nc1ccc2c(c1)OCO2)N1CCC(N2C(=O)COC2=O)CC1. The number of nitrogens with one attached hydrogen (secondary N) is 1. The van der Waals surface area contributed by atoms with Crippen LogP contribution in [-0.4, -0.2) is 60.4 Å². The number of amides is 4. The van der Waals surface area contributed by atoms with Crippen LogP contribution in [0, 0.1) is 0 Å². The van der Waals surface area contributed by atoms with Gasteiger partial charge in [0.25, 0.3) is 5.91 Å². The fourth-order valence-corrected chi connectivity index (χ4v) is 3.22. The Kier molecular flexibility index (Phi) is 3.83. The third-order valence-corrected chi connectivity index (χ3v) is 4.53. The van der Waals surface area contributed by atoms with Crippen LogP contribution in [0.5, 0.6) is 11.5 Å². The molecular weight excluding hydrogens is 330 g/mol. The molecule has 0 atom stereocenters. The molecule has 0 saturated carbocycles. The number of likely N-dealkylation sites (tertiary alicyclic amines) is 1. The number of rotatable bonds is 2. The second-order valence-corrected chi connectivity index (χ2v) is 6.03. The molecule has 4 amide bonds. The molecule has 3 aliphatic rings. The van der Waals surface area contributed by atoms with Crippen LogP contribution in [0.2, 0.25) is 0 Å². The smallest absolute Gasteiger partial charge is 0.417 e. The summed E-state index contributed by atoms with van der Waals surface area (Å²) in [6.45, 7) is 0.901. The molecule has 25 heavy (non-hydrogen) atoms. The molecule has 1 aromatic carbocycles. The lowest BCUT2D eigenvalue weighted by Crippen LogP contribution is -2.49. The molecule has 0 bridgehead atoms. The summed E-state index contributed by atoms with van der Waals surface area (Å²) in [4.78, 5) is 38.5. The van der Waals surface area contributed by atoms with Crippen molar-refractivity contribution in [2.45, 2.75) is 18.9 Å². The number of fused-ring (bicyclic) bond motifs is 1. The van der Waals surface area contributed by atoms with Gasteiger partial charge in [-0.15, -0.1) is 0 Å². The lowest BCUT2D eigenvalue weighted by molar-refractivity contribution is -0.127. The van der Waals surface area contributed by atoms with Crippen molar-refractivity contribution < 1.29 is 28.6 Å². The molecule has 1 N–H and O–H groups in total. The number of hydrogen-bond donors (Lipinski definition) is 1. The number of cyclic esters (lactones) is 1. The normalized spacial score (nSPS) is 20.0. The average Bonchev–Trinajstić information content (AvgIpc) is 3.21. The topological polar surface area (TPSA) is 97.4 Å². The molecule has 1 aromatic rings. The molecule has 4 rings (SSSR count). The molecule has 0 aromatic heterocycles. The molecule has 2 fully saturated rings. The van der Waals surface area contributed by atoms with E-state index in [1.165, 1.54) is 4.90 Å². The van der Waals surface area contributed by atoms with Crippen LogP contribution >= 0.6 is 0 Å². The standard InChI is InChI=1S/C16H17N3O6/c20-14-8-23-16(22)19(14)11-3-5-18(6-4-11)15(21)17-10-1-2-12-13(7-10)25-9-24-12/h1-2,7,11H,3-6,8-9H2,(H,17,21). The van der Waals surface area contributed by atoms with Gasteiger partial charge in [-0.05, 0) is 25.0 Å². The van der Waals surface area contributed by atoms with E-state index in [4.69, 9.17) is 14.2 Å². The Balaban J connectivity index is 1.34. The number of carbonyl (C=O) groups excluding carboxylic acids is 3. The van der Waals surface area contributed by atoms with Gasteiger partial charge in [0.1, 0.15) is 0 Å². The molecule has 3 aliphatic heterocycles. The van der Waals surface area contributed by atoms with E-state index >= 15 is 0 Å². The number of imide groups is 1. The van der Waals surface area contributed by atoms with Crippen molar-refractivity contribution in [1.29, 1.82) is 0 Å². The molecule has 0 radical (unpaired) electrons. The Morgan fingerprint density at radius 1 is 1.08 bits per heavy atom. The van der Waals surface area contributed by atoms with Gasteiger partial charge in [0.2, 0.25) is 6.79 Å². The summed E-state index contributed by atoms with van der Waals surface area (Å²) < 4.78 is 15.3. The number of urea groups is 1. The summed E-state index contributed by atoms with van der Waals surface area (Å²) in [5.41, 5.74) is 0.620. The summed E-state index contributed by atoms with van der Waals surface area (Å²) in [5.74, 6) is 0.941. The van der Waals surface area contributed by atoms with E-state index in [1.807, 2.05) is 0 Å². The Hall–Kier alpha value is -2.97. The molecule has 0 spiro atoms. The quantitative estimate of drug-likeness (QED) is 0.868. The lowest BCUT2D eigenvalue weighted by Gasteiger charge is -2.34. The number of anilines is 1. The van der Waals surface area contributed by atoms with E-state index < -0.39 is 6.09 Å². The third-order valence-electron chi connectivity index (χ3n) is 4.53. The number of benzene rings is 1. The largest absolute Gasteiger partial charge is 0.454 e. The Morgan fingerprint density at radius 3 is 2.56 bits per heavy atom. The van der Waals surface area contributed by atoms with Crippen molar-refractivity contribution in [3.05, 3.63) is 18.2 Å². The maximum absolute atomic E-state index is 12.4. The van der Waals surface area contributed by atoms with Crippen molar-refractivity contribution in [3.8, 4) is 11.5 Å². The predicted octanol–water partition coefficient (Wildman–Crippen LogP) is 1.39. The molecule has 132 valence electrons. The zero-order valence-corrected chi connectivity index (χ0v) is 13.4. The van der Waals surface area contributed by atoms with Gasteiger partial charge in [0.05, 0.1) is 0 Å². The van der Waals surface area contributed by atoms with Crippen molar-refractivity contribution in [1.82, 2.24) is 9.80 Å². The third kappa shape index (κ3) is 2.92. The molecule has 9 nitrogen and oxygen atoms in total. The first-order valence-electron chi connectivity index (χ1n) is 8.06. The van der Waals surface area contributed by atoms with Gasteiger partial charge in [-0.1, -0.05) is 0 Å². The maximum atomic E-state index is 12.4. The highest BCUT2D eigenvalue weighted by molar-refractivity contribution is 5.98. The highest BCUT2D eigenvalue weighted by Gasteiger charge is 2.39. The fourth-order valence-electron chi connectivity index (χ4n) is 3.22. The first kappa shape index (κ1) is 15.6. The van der Waals surface area contributed by atoms with Gasteiger partial charge < -0.3 is 24.4 Å². The molecule has 0 unspecified atom stereocenters. The van der Waals surface area contributed by atoms with Gasteiger partial charge in [0, 0.05) is 30.9 Å². The van der Waals surface area contributed by atoms with Crippen LogP contribution in [-0.2, 0) is 9.53 Å². The van der Waals surface area contributed by atoms with Crippen LogP contribution < -0.4 is 14.8 Å². The summed E-state index contributed by atoms with van der Waals surface area (Å²) in [6, 6.07) is 4.77. The van der Waals surface area contributed by atoms with Crippen molar-refractivity contribution >= 4 is 23.7 Å². The molecule has 0 aliphatic carbocycles. The Labute approximate surface area is 143 Å². The van der Waals surface area contributed by atoms with Crippen molar-refractivity contribution in [2.75, 3.05) is 31.8 Å². The van der Waals surface area contributed by atoms with E-state index in [0.29, 0.717) is 43.1 Å². The van der Waals surface area contributed by atoms with Gasteiger partial charge in [-0.3, -0.25) is 4.79 Å². The minimum atomic E-state index is -0.590. The van der Waals surface area contributed by atoms with Crippen molar-refractivity contribution in [3.63, 3.8) is 0 Å². The molecule has 9 heteroatoms. The highest BCUT2D eigenvalue weighted by Crippen LogP contribution is 2.34. The van der Waals surface area contributed by atoms with Gasteiger partial charge in [-0.2, -0.15) is 0 Å². The van der Waals surface area contributed by atoms with Crippen LogP contribution in [0.1, 0.15) is 12.8 Å². The van der Waals surface area contributed by atoms with Gasteiger partial charge >= 0.3 is 12.1 Å². The minimum absolute atomic E-state index is 0.178. The molecular formula is C16H17N3O6. The molecule has 2 saturated heterocycles. The second-order valence-electron chi connectivity index (χ2n) is 6.03. The zero-order valence-electron chi connectivity index (χ0n) is 13.4. The number of piperidine rings is 1. The van der Waals surface area contributed by atoms with Crippen LogP contribution in [0.3, 0.4) is 0 Å². The first-order chi connectivity index (χ1) is 12.1. The lowest BCUT2D eigenvalue weighted by atomic mass is 10.0. The second kappa shape index (κ2) is 6.15. The summed E-state index contributed by atoms with van der Waals surface area (Å²) in [7, 11) is 0. The van der Waals surface area contributed by atoms with Crippen LogP contribution in [0.15, 0.2) is 18.2 Å². The monoisotopic (exact) mass is 347 g/mol. The average molecular weight is 347 g/mol. The molecule has 3 heterocycles. The van der Waals surface area contributed by atoms with E-state index in [-0.39, 0.29) is 31.4 Å². The highest BCUT2D eigenvalue weighted by atomic mass is 16.7. The summed E-state index contributed by atoms with van der Waals surface area (Å²) in [6.07, 6.45) is 0.485. The van der Waals surface area contributed by atoms with E-state index in [0.717, 1.165) is 0 Å². The fraction of sp³-hybridized carbons (Fsp3) is 0.438. The van der Waals surface area contributed by atoms with Gasteiger partial charge in [0.15, 0.2) is 18.1 Å². The van der Waals surface area contributed by atoms with Gasteiger partial charge in [-0.25, -0.2) is 14.5 Å². The minimum Gasteiger partial charge on any atom is -0.454 e. The van der Waals surface area contributed by atoms with E-state index in [2.05, 4.69) is 5.32 Å². The number of hydrogen-bond acceptors (Lipinski definition) is 6. The number of carbonyl (C=O) groups is 3. The van der Waals surface area contributed by atoms with Crippen LogP contribution in [0.4, 0.5) is 15.3 Å². The maximum Gasteiger partial charge on any atom is 0.417 e.